The van der Waals surface area contributed by atoms with Crippen LogP contribution in [0.25, 0.3) is 10.2 Å². The van der Waals surface area contributed by atoms with Gasteiger partial charge in [0.2, 0.25) is 0 Å². The molecule has 0 fully saturated rings. The number of fused-ring (bicyclic) bond motifs is 1. The van der Waals surface area contributed by atoms with Crippen molar-refractivity contribution in [1.82, 2.24) is 14.7 Å². The largest absolute Gasteiger partial charge is 0.333 e. The molecule has 0 atom stereocenters. The molecule has 0 aliphatic carbocycles. The van der Waals surface area contributed by atoms with E-state index in [2.05, 4.69) is 32.8 Å². The Morgan fingerprint density at radius 3 is 2.50 bits per heavy atom. The van der Waals surface area contributed by atoms with Crippen molar-refractivity contribution < 1.29 is 4.79 Å². The molecule has 3 aromatic rings. The Kier molecular flexibility index (Phi) is 5.39. The van der Waals surface area contributed by atoms with Crippen LogP contribution in [0.5, 0.6) is 0 Å². The van der Waals surface area contributed by atoms with E-state index in [-0.39, 0.29) is 18.0 Å². The van der Waals surface area contributed by atoms with E-state index in [1.165, 1.54) is 11.3 Å². The summed E-state index contributed by atoms with van der Waals surface area (Å²) < 4.78 is 1.95. The van der Waals surface area contributed by atoms with Gasteiger partial charge < -0.3 is 4.90 Å². The Hall–Kier alpha value is -1.85. The molecule has 26 heavy (non-hydrogen) atoms. The Bertz CT molecular complexity index is 934. The van der Waals surface area contributed by atoms with Gasteiger partial charge in [-0.15, -0.1) is 11.3 Å². The molecule has 6 heteroatoms. The number of carbonyl (C=O) groups excluding carboxylic acids is 1. The van der Waals surface area contributed by atoms with Gasteiger partial charge in [0.15, 0.2) is 0 Å². The van der Waals surface area contributed by atoms with Crippen LogP contribution in [-0.4, -0.2) is 32.7 Å². The van der Waals surface area contributed by atoms with Crippen LogP contribution in [0, 0.1) is 6.92 Å². The zero-order valence-electron chi connectivity index (χ0n) is 15.8. The molecular weight excluding hydrogens is 366 g/mol. The molecule has 0 unspecified atom stereocenters. The van der Waals surface area contributed by atoms with Gasteiger partial charge in [0.05, 0.1) is 17.1 Å². The Morgan fingerprint density at radius 2 is 1.88 bits per heavy atom. The van der Waals surface area contributed by atoms with Crippen molar-refractivity contribution >= 4 is 39.1 Å². The minimum atomic E-state index is 0.0832. The minimum Gasteiger partial charge on any atom is -0.333 e. The molecule has 0 saturated heterocycles. The molecule has 2 heterocycles. The molecule has 0 radical (unpaired) electrons. The van der Waals surface area contributed by atoms with Gasteiger partial charge in [-0.3, -0.25) is 9.48 Å². The predicted octanol–water partition coefficient (Wildman–Crippen LogP) is 5.37. The SMILES string of the molecule is Cc1nn(Cc2ccccc2Cl)c2sc(C(=O)N(C(C)C)C(C)C)cc12. The smallest absolute Gasteiger partial charge is 0.264 e. The third kappa shape index (κ3) is 3.51. The second-order valence-electron chi connectivity index (χ2n) is 7.06. The number of hydrogen-bond donors (Lipinski definition) is 0. The molecule has 0 aliphatic rings. The fraction of sp³-hybridized carbons (Fsp3) is 0.400. The summed E-state index contributed by atoms with van der Waals surface area (Å²) in [6.07, 6.45) is 0. The maximum atomic E-state index is 13.0. The number of halogens is 1. The zero-order valence-corrected chi connectivity index (χ0v) is 17.4. The number of rotatable bonds is 5. The summed E-state index contributed by atoms with van der Waals surface area (Å²) in [6, 6.07) is 10.1. The van der Waals surface area contributed by atoms with E-state index in [0.29, 0.717) is 6.54 Å². The van der Waals surface area contributed by atoms with Crippen LogP contribution < -0.4 is 0 Å². The molecule has 0 aliphatic heterocycles. The number of benzene rings is 1. The third-order valence-electron chi connectivity index (χ3n) is 4.44. The summed E-state index contributed by atoms with van der Waals surface area (Å²) in [4.78, 5) is 16.7. The standard InChI is InChI=1S/C20H24ClN3OS/c1-12(2)24(13(3)4)19(25)18-10-16-14(5)22-23(20(16)26-18)11-15-8-6-7-9-17(15)21/h6-10,12-13H,11H2,1-5H3. The Balaban J connectivity index is 1.99. The van der Waals surface area contributed by atoms with Crippen LogP contribution >= 0.6 is 22.9 Å². The first-order valence-electron chi connectivity index (χ1n) is 8.82. The normalized spacial score (nSPS) is 11.7. The van der Waals surface area contributed by atoms with Crippen molar-refractivity contribution in [2.45, 2.75) is 53.2 Å². The van der Waals surface area contributed by atoms with E-state index in [0.717, 1.165) is 31.4 Å². The minimum absolute atomic E-state index is 0.0832. The number of thiophene rings is 1. The average Bonchev–Trinajstić information content (AvgIpc) is 3.11. The van der Waals surface area contributed by atoms with Gasteiger partial charge >= 0.3 is 0 Å². The number of aryl methyl sites for hydroxylation is 1. The maximum Gasteiger partial charge on any atom is 0.264 e. The zero-order chi connectivity index (χ0) is 19.0. The predicted molar refractivity (Wildman–Crippen MR) is 109 cm³/mol. The molecular formula is C20H24ClN3OS. The summed E-state index contributed by atoms with van der Waals surface area (Å²) in [5.41, 5.74) is 1.95. The van der Waals surface area contributed by atoms with Crippen LogP contribution in [0.3, 0.4) is 0 Å². The van der Waals surface area contributed by atoms with Crippen LogP contribution in [0.2, 0.25) is 5.02 Å². The van der Waals surface area contributed by atoms with E-state index >= 15 is 0 Å². The van der Waals surface area contributed by atoms with Gasteiger partial charge in [0.1, 0.15) is 4.83 Å². The first-order chi connectivity index (χ1) is 12.3. The van der Waals surface area contributed by atoms with Crippen LogP contribution in [0.15, 0.2) is 30.3 Å². The van der Waals surface area contributed by atoms with Crippen molar-refractivity contribution in [2.75, 3.05) is 0 Å². The summed E-state index contributed by atoms with van der Waals surface area (Å²) in [5, 5.41) is 6.41. The molecule has 3 rings (SSSR count). The molecule has 138 valence electrons. The molecule has 2 aromatic heterocycles. The summed E-state index contributed by atoms with van der Waals surface area (Å²) in [6.45, 7) is 10.8. The van der Waals surface area contributed by atoms with E-state index in [1.807, 2.05) is 46.8 Å². The summed E-state index contributed by atoms with van der Waals surface area (Å²) in [7, 11) is 0. The lowest BCUT2D eigenvalue weighted by molar-refractivity contribution is 0.0649. The van der Waals surface area contributed by atoms with E-state index < -0.39 is 0 Å². The first-order valence-corrected chi connectivity index (χ1v) is 10.0. The maximum absolute atomic E-state index is 13.0. The summed E-state index contributed by atoms with van der Waals surface area (Å²) >= 11 is 7.81. The highest BCUT2D eigenvalue weighted by Gasteiger charge is 2.25. The lowest BCUT2D eigenvalue weighted by Crippen LogP contribution is -2.41. The number of carbonyl (C=O) groups is 1. The van der Waals surface area contributed by atoms with E-state index in [4.69, 9.17) is 11.6 Å². The highest BCUT2D eigenvalue weighted by molar-refractivity contribution is 7.20. The van der Waals surface area contributed by atoms with E-state index in [9.17, 15) is 4.79 Å². The Morgan fingerprint density at radius 1 is 1.23 bits per heavy atom. The van der Waals surface area contributed by atoms with Gasteiger partial charge in [-0.2, -0.15) is 5.10 Å². The van der Waals surface area contributed by atoms with E-state index in [1.54, 1.807) is 0 Å². The van der Waals surface area contributed by atoms with Gasteiger partial charge in [0.25, 0.3) is 5.91 Å². The van der Waals surface area contributed by atoms with Gasteiger partial charge in [-0.25, -0.2) is 0 Å². The fourth-order valence-corrected chi connectivity index (χ4v) is 4.61. The average molecular weight is 390 g/mol. The molecule has 4 nitrogen and oxygen atoms in total. The van der Waals surface area contributed by atoms with Crippen molar-refractivity contribution in [3.63, 3.8) is 0 Å². The number of amides is 1. The lowest BCUT2D eigenvalue weighted by atomic mass is 10.2. The fourth-order valence-electron chi connectivity index (χ4n) is 3.31. The second kappa shape index (κ2) is 7.41. The molecule has 0 spiro atoms. The number of hydrogen-bond acceptors (Lipinski definition) is 3. The highest BCUT2D eigenvalue weighted by Crippen LogP contribution is 2.31. The van der Waals surface area contributed by atoms with Gasteiger partial charge in [-0.05, 0) is 52.3 Å². The lowest BCUT2D eigenvalue weighted by Gasteiger charge is -2.30. The first kappa shape index (κ1) is 18.9. The molecule has 1 amide bonds. The van der Waals surface area contributed by atoms with Crippen molar-refractivity contribution in [1.29, 1.82) is 0 Å². The summed E-state index contributed by atoms with van der Waals surface area (Å²) in [5.74, 6) is 0.0832. The number of aromatic nitrogens is 2. The number of nitrogens with zero attached hydrogens (tertiary/aromatic N) is 3. The highest BCUT2D eigenvalue weighted by atomic mass is 35.5. The van der Waals surface area contributed by atoms with Crippen molar-refractivity contribution in [3.8, 4) is 0 Å². The van der Waals surface area contributed by atoms with Crippen molar-refractivity contribution in [3.05, 3.63) is 51.5 Å². The third-order valence-corrected chi connectivity index (χ3v) is 5.95. The van der Waals surface area contributed by atoms with Crippen LogP contribution in [0.1, 0.15) is 48.6 Å². The monoisotopic (exact) mass is 389 g/mol. The van der Waals surface area contributed by atoms with Crippen LogP contribution in [0.4, 0.5) is 0 Å². The topological polar surface area (TPSA) is 38.1 Å². The second-order valence-corrected chi connectivity index (χ2v) is 8.50. The molecule has 0 bridgehead atoms. The van der Waals surface area contributed by atoms with Gasteiger partial charge in [-0.1, -0.05) is 29.8 Å². The van der Waals surface area contributed by atoms with Gasteiger partial charge in [0, 0.05) is 22.5 Å². The molecule has 1 aromatic carbocycles. The molecule has 0 saturated carbocycles. The quantitative estimate of drug-likeness (QED) is 0.588. The van der Waals surface area contributed by atoms with Crippen molar-refractivity contribution in [2.24, 2.45) is 0 Å². The Labute approximate surface area is 163 Å². The van der Waals surface area contributed by atoms with Crippen LogP contribution in [-0.2, 0) is 6.54 Å². The molecule has 0 N–H and O–H groups in total.